The summed E-state index contributed by atoms with van der Waals surface area (Å²) in [6.45, 7) is 1.83. The van der Waals surface area contributed by atoms with Gasteiger partial charge in [0.15, 0.2) is 9.84 Å². The maximum Gasteiger partial charge on any atom is 0.317 e. The normalized spacial score (nSPS) is 30.7. The minimum atomic E-state index is -3.00. The van der Waals surface area contributed by atoms with Gasteiger partial charge in [-0.15, -0.1) is 0 Å². The molecule has 3 atom stereocenters. The van der Waals surface area contributed by atoms with Gasteiger partial charge in [0.2, 0.25) is 0 Å². The highest BCUT2D eigenvalue weighted by atomic mass is 32.2. The van der Waals surface area contributed by atoms with Gasteiger partial charge in [0, 0.05) is 43.4 Å². The molecule has 3 aliphatic heterocycles. The van der Waals surface area contributed by atoms with Crippen molar-refractivity contribution in [2.75, 3.05) is 24.6 Å². The van der Waals surface area contributed by atoms with Crippen LogP contribution in [0.25, 0.3) is 0 Å². The number of piperidine rings is 1. The summed E-state index contributed by atoms with van der Waals surface area (Å²) in [7, 11) is -3.00. The Hall–Kier alpha value is -1.83. The SMILES string of the molecule is O=C(N[C@@H]1CCS(=O)(=O)C1)N1C[C@H]2C[C@H](C1)c1cccc(=O)n1C2. The van der Waals surface area contributed by atoms with Gasteiger partial charge in [-0.2, -0.15) is 0 Å². The molecule has 2 amide bonds. The molecule has 3 aliphatic rings. The molecule has 0 saturated carbocycles. The van der Waals surface area contributed by atoms with Crippen LogP contribution in [0.4, 0.5) is 4.79 Å². The number of rotatable bonds is 1. The third-order valence-corrected chi connectivity index (χ3v) is 7.09. The molecule has 2 bridgehead atoms. The maximum atomic E-state index is 12.5. The number of fused-ring (bicyclic) bond motifs is 4. The largest absolute Gasteiger partial charge is 0.334 e. The zero-order valence-corrected chi connectivity index (χ0v) is 14.2. The summed E-state index contributed by atoms with van der Waals surface area (Å²) in [5, 5.41) is 2.87. The highest BCUT2D eigenvalue weighted by Crippen LogP contribution is 2.34. The number of nitrogens with zero attached hydrogens (tertiary/aromatic N) is 2. The van der Waals surface area contributed by atoms with E-state index in [1.165, 1.54) is 0 Å². The van der Waals surface area contributed by atoms with Gasteiger partial charge in [0.05, 0.1) is 11.5 Å². The van der Waals surface area contributed by atoms with E-state index in [9.17, 15) is 18.0 Å². The summed E-state index contributed by atoms with van der Waals surface area (Å²) in [5.74, 6) is 0.635. The number of aromatic nitrogens is 1. The van der Waals surface area contributed by atoms with Gasteiger partial charge in [0.25, 0.3) is 5.56 Å². The Labute approximate surface area is 140 Å². The number of hydrogen-bond donors (Lipinski definition) is 1. The van der Waals surface area contributed by atoms with Crippen LogP contribution in [0.2, 0.25) is 0 Å². The monoisotopic (exact) mass is 351 g/mol. The first-order valence-electron chi connectivity index (χ1n) is 8.37. The van der Waals surface area contributed by atoms with Gasteiger partial charge in [-0.05, 0) is 24.8 Å². The third-order valence-electron chi connectivity index (χ3n) is 5.33. The Morgan fingerprint density at radius 2 is 2.04 bits per heavy atom. The Morgan fingerprint density at radius 3 is 2.79 bits per heavy atom. The average Bonchev–Trinajstić information content (AvgIpc) is 2.87. The van der Waals surface area contributed by atoms with Crippen molar-refractivity contribution in [1.82, 2.24) is 14.8 Å². The molecular weight excluding hydrogens is 330 g/mol. The van der Waals surface area contributed by atoms with Crippen LogP contribution in [0.5, 0.6) is 0 Å². The summed E-state index contributed by atoms with van der Waals surface area (Å²) in [5.41, 5.74) is 1.02. The van der Waals surface area contributed by atoms with Crippen LogP contribution in [0, 0.1) is 5.92 Å². The van der Waals surface area contributed by atoms with Crippen LogP contribution in [-0.4, -0.2) is 54.6 Å². The van der Waals surface area contributed by atoms with E-state index >= 15 is 0 Å². The first-order chi connectivity index (χ1) is 11.4. The predicted molar refractivity (Wildman–Crippen MR) is 88.7 cm³/mol. The van der Waals surface area contributed by atoms with Crippen molar-refractivity contribution in [2.45, 2.75) is 31.3 Å². The van der Waals surface area contributed by atoms with Crippen LogP contribution in [-0.2, 0) is 16.4 Å². The second kappa shape index (κ2) is 5.61. The Morgan fingerprint density at radius 1 is 1.21 bits per heavy atom. The quantitative estimate of drug-likeness (QED) is 0.781. The number of pyridine rings is 1. The molecule has 1 N–H and O–H groups in total. The van der Waals surface area contributed by atoms with Gasteiger partial charge >= 0.3 is 6.03 Å². The molecule has 8 heteroatoms. The van der Waals surface area contributed by atoms with E-state index in [2.05, 4.69) is 5.32 Å². The van der Waals surface area contributed by atoms with Crippen LogP contribution in [0.15, 0.2) is 23.0 Å². The molecule has 0 unspecified atom stereocenters. The van der Waals surface area contributed by atoms with Crippen LogP contribution in [0.3, 0.4) is 0 Å². The molecule has 2 fully saturated rings. The molecule has 0 aliphatic carbocycles. The van der Waals surface area contributed by atoms with E-state index < -0.39 is 9.84 Å². The van der Waals surface area contributed by atoms with E-state index in [1.54, 1.807) is 17.0 Å². The molecule has 1 aromatic heterocycles. The third kappa shape index (κ3) is 2.83. The van der Waals surface area contributed by atoms with Gasteiger partial charge < -0.3 is 14.8 Å². The highest BCUT2D eigenvalue weighted by molar-refractivity contribution is 7.91. The molecule has 0 aromatic carbocycles. The lowest BCUT2D eigenvalue weighted by atomic mass is 9.83. The number of likely N-dealkylation sites (tertiary alicyclic amines) is 1. The summed E-state index contributed by atoms with van der Waals surface area (Å²) >= 11 is 0. The van der Waals surface area contributed by atoms with E-state index in [0.717, 1.165) is 12.1 Å². The molecule has 4 rings (SSSR count). The minimum Gasteiger partial charge on any atom is -0.334 e. The van der Waals surface area contributed by atoms with Crippen LogP contribution >= 0.6 is 0 Å². The average molecular weight is 351 g/mol. The summed E-state index contributed by atoms with van der Waals surface area (Å²) in [4.78, 5) is 26.3. The van der Waals surface area contributed by atoms with E-state index in [1.807, 2.05) is 10.6 Å². The summed E-state index contributed by atoms with van der Waals surface area (Å²) < 4.78 is 24.9. The lowest BCUT2D eigenvalue weighted by Gasteiger charge is -2.42. The summed E-state index contributed by atoms with van der Waals surface area (Å²) in [6.07, 6.45) is 1.48. The Kier molecular flexibility index (Phi) is 3.67. The van der Waals surface area contributed by atoms with Crippen molar-refractivity contribution >= 4 is 15.9 Å². The van der Waals surface area contributed by atoms with Crippen molar-refractivity contribution < 1.29 is 13.2 Å². The van der Waals surface area contributed by atoms with Crippen molar-refractivity contribution in [3.8, 4) is 0 Å². The van der Waals surface area contributed by atoms with Gasteiger partial charge in [0.1, 0.15) is 0 Å². The van der Waals surface area contributed by atoms with E-state index in [4.69, 9.17) is 0 Å². The van der Waals surface area contributed by atoms with Crippen LogP contribution < -0.4 is 10.9 Å². The second-order valence-corrected chi connectivity index (χ2v) is 9.38. The Balaban J connectivity index is 1.48. The zero-order valence-electron chi connectivity index (χ0n) is 13.3. The first kappa shape index (κ1) is 15.7. The number of amides is 2. The molecule has 1 aromatic rings. The zero-order chi connectivity index (χ0) is 16.9. The molecule has 2 saturated heterocycles. The fourth-order valence-electron chi connectivity index (χ4n) is 4.24. The predicted octanol–water partition coefficient (Wildman–Crippen LogP) is 0.164. The van der Waals surface area contributed by atoms with Crippen LogP contribution in [0.1, 0.15) is 24.5 Å². The number of carbonyl (C=O) groups excluding carboxylic acids is 1. The minimum absolute atomic E-state index is 0.0243. The van der Waals surface area contributed by atoms with Crippen molar-refractivity contribution in [1.29, 1.82) is 0 Å². The number of nitrogens with one attached hydrogen (secondary N) is 1. The second-order valence-electron chi connectivity index (χ2n) is 7.15. The number of hydrogen-bond acceptors (Lipinski definition) is 4. The molecule has 130 valence electrons. The van der Waals surface area contributed by atoms with Gasteiger partial charge in [-0.25, -0.2) is 13.2 Å². The smallest absolute Gasteiger partial charge is 0.317 e. The maximum absolute atomic E-state index is 12.5. The fourth-order valence-corrected chi connectivity index (χ4v) is 5.91. The van der Waals surface area contributed by atoms with Crippen molar-refractivity contribution in [3.63, 3.8) is 0 Å². The number of carbonyl (C=O) groups is 1. The first-order valence-corrected chi connectivity index (χ1v) is 10.2. The van der Waals surface area contributed by atoms with Crippen molar-refractivity contribution in [3.05, 3.63) is 34.2 Å². The molecular formula is C16H21N3O4S. The van der Waals surface area contributed by atoms with E-state index in [0.29, 0.717) is 26.1 Å². The molecule has 24 heavy (non-hydrogen) atoms. The Bertz CT molecular complexity index is 832. The topological polar surface area (TPSA) is 88.5 Å². The fraction of sp³-hybridized carbons (Fsp3) is 0.625. The van der Waals surface area contributed by atoms with Gasteiger partial charge in [-0.1, -0.05) is 6.07 Å². The highest BCUT2D eigenvalue weighted by Gasteiger charge is 2.37. The standard InChI is InChI=1S/C16H21N3O4S/c20-15-3-1-2-14-12-6-11(8-19(14)15)7-18(9-12)16(21)17-13-4-5-24(22,23)10-13/h1-3,11-13H,4-10H2,(H,17,21)/t11-,12-,13-/m1/s1. The number of sulfone groups is 1. The molecule has 0 spiro atoms. The summed E-state index contributed by atoms with van der Waals surface area (Å²) in [6, 6.07) is 4.86. The van der Waals surface area contributed by atoms with E-state index in [-0.39, 0.29) is 41.0 Å². The lowest BCUT2D eigenvalue weighted by Crippen LogP contribution is -2.53. The number of urea groups is 1. The van der Waals surface area contributed by atoms with Crippen molar-refractivity contribution in [2.24, 2.45) is 5.92 Å². The molecule has 4 heterocycles. The molecule has 7 nitrogen and oxygen atoms in total. The molecule has 0 radical (unpaired) electrons. The lowest BCUT2D eigenvalue weighted by molar-refractivity contribution is 0.129. The van der Waals surface area contributed by atoms with Gasteiger partial charge in [-0.3, -0.25) is 4.79 Å².